The van der Waals surface area contributed by atoms with E-state index in [0.717, 1.165) is 31.0 Å². The van der Waals surface area contributed by atoms with Gasteiger partial charge in [0.05, 0.1) is 5.69 Å². The molecule has 1 aromatic rings. The number of hydrogen-bond donors (Lipinski definition) is 2. The first-order chi connectivity index (χ1) is 9.67. The molecule has 0 aliphatic heterocycles. The van der Waals surface area contributed by atoms with Crippen LogP contribution >= 0.6 is 0 Å². The van der Waals surface area contributed by atoms with Crippen LogP contribution in [0.5, 0.6) is 0 Å². The molecule has 0 aromatic carbocycles. The van der Waals surface area contributed by atoms with Crippen molar-refractivity contribution in [2.75, 3.05) is 18.1 Å². The molecule has 0 fully saturated rings. The quantitative estimate of drug-likeness (QED) is 0.810. The Kier molecular flexibility index (Phi) is 6.23. The zero-order valence-corrected chi connectivity index (χ0v) is 14.7. The normalized spacial score (nSPS) is 12.2. The highest BCUT2D eigenvalue weighted by Crippen LogP contribution is 2.25. The lowest BCUT2D eigenvalue weighted by Crippen LogP contribution is -2.37. The van der Waals surface area contributed by atoms with E-state index in [-0.39, 0.29) is 12.1 Å². The average molecular weight is 296 g/mol. The van der Waals surface area contributed by atoms with Gasteiger partial charge in [-0.15, -0.1) is 0 Å². The summed E-state index contributed by atoms with van der Waals surface area (Å²) in [5.41, 5.74) is 2.39. The summed E-state index contributed by atoms with van der Waals surface area (Å²) < 4.78 is 1.96. The molecule has 122 valence electrons. The van der Waals surface area contributed by atoms with Gasteiger partial charge in [0.2, 0.25) is 0 Å². The van der Waals surface area contributed by atoms with E-state index in [0.29, 0.717) is 6.04 Å². The van der Waals surface area contributed by atoms with Gasteiger partial charge in [0.25, 0.3) is 0 Å². The third-order valence-electron chi connectivity index (χ3n) is 3.56. The van der Waals surface area contributed by atoms with Crippen molar-refractivity contribution >= 4 is 5.82 Å². The maximum absolute atomic E-state index is 9.14. The zero-order valence-electron chi connectivity index (χ0n) is 14.7. The maximum atomic E-state index is 9.14. The Morgan fingerprint density at radius 3 is 2.43 bits per heavy atom. The number of nitrogens with zero attached hydrogens (tertiary/aromatic N) is 3. The van der Waals surface area contributed by atoms with Crippen LogP contribution in [0.25, 0.3) is 0 Å². The fraction of sp³-hybridized carbons (Fsp3) is 0.812. The van der Waals surface area contributed by atoms with Crippen LogP contribution in [0.15, 0.2) is 0 Å². The Morgan fingerprint density at radius 1 is 1.33 bits per heavy atom. The van der Waals surface area contributed by atoms with Gasteiger partial charge in [0.1, 0.15) is 5.82 Å². The van der Waals surface area contributed by atoms with E-state index >= 15 is 0 Å². The number of aromatic nitrogens is 2. The lowest BCUT2D eigenvalue weighted by molar-refractivity contribution is 0.288. The summed E-state index contributed by atoms with van der Waals surface area (Å²) in [6.07, 6.45) is 0.772. The number of hydrogen-bond acceptors (Lipinski definition) is 4. The second kappa shape index (κ2) is 7.27. The molecule has 0 aliphatic carbocycles. The van der Waals surface area contributed by atoms with Crippen molar-refractivity contribution in [1.29, 1.82) is 0 Å². The molecule has 0 unspecified atom stereocenters. The van der Waals surface area contributed by atoms with Crippen molar-refractivity contribution in [1.82, 2.24) is 15.1 Å². The molecule has 2 N–H and O–H groups in total. The lowest BCUT2D eigenvalue weighted by Gasteiger charge is -2.30. The van der Waals surface area contributed by atoms with Gasteiger partial charge in [0.15, 0.2) is 0 Å². The average Bonchev–Trinajstić information content (AvgIpc) is 2.61. The Labute approximate surface area is 129 Å². The molecule has 0 spiro atoms. The number of aliphatic hydroxyl groups excluding tert-OH is 1. The van der Waals surface area contributed by atoms with Gasteiger partial charge >= 0.3 is 0 Å². The van der Waals surface area contributed by atoms with Crippen LogP contribution in [0.4, 0.5) is 5.82 Å². The summed E-state index contributed by atoms with van der Waals surface area (Å²) in [5, 5.41) is 17.3. The highest BCUT2D eigenvalue weighted by Gasteiger charge is 2.22. The summed E-state index contributed by atoms with van der Waals surface area (Å²) in [7, 11) is 2.00. The van der Waals surface area contributed by atoms with E-state index in [9.17, 15) is 0 Å². The molecule has 0 aliphatic rings. The summed E-state index contributed by atoms with van der Waals surface area (Å²) in [6, 6.07) is 0.375. The van der Waals surface area contributed by atoms with E-state index in [1.54, 1.807) is 0 Å². The SMILES string of the molecule is Cc1nn(C)c(N(CCCO)C(C)C)c1CNC(C)(C)C. The molecule has 1 aromatic heterocycles. The Hall–Kier alpha value is -1.07. The fourth-order valence-corrected chi connectivity index (χ4v) is 2.46. The number of anilines is 1. The summed E-state index contributed by atoms with van der Waals surface area (Å²) in [4.78, 5) is 2.33. The molecule has 1 heterocycles. The highest BCUT2D eigenvalue weighted by atomic mass is 16.3. The summed E-state index contributed by atoms with van der Waals surface area (Å²) in [6.45, 7) is 14.8. The monoisotopic (exact) mass is 296 g/mol. The molecule has 0 amide bonds. The Balaban J connectivity index is 3.08. The molecule has 0 bridgehead atoms. The molecule has 0 radical (unpaired) electrons. The van der Waals surface area contributed by atoms with Crippen molar-refractivity contribution in [2.24, 2.45) is 7.05 Å². The minimum atomic E-state index is 0.0767. The van der Waals surface area contributed by atoms with Gasteiger partial charge in [-0.25, -0.2) is 0 Å². The molecule has 0 saturated carbocycles. The van der Waals surface area contributed by atoms with Gasteiger partial charge in [-0.2, -0.15) is 5.10 Å². The minimum Gasteiger partial charge on any atom is -0.396 e. The second-order valence-corrected chi connectivity index (χ2v) is 6.98. The van der Waals surface area contributed by atoms with Crippen LogP contribution in [-0.4, -0.2) is 39.6 Å². The van der Waals surface area contributed by atoms with Crippen LogP contribution in [0.3, 0.4) is 0 Å². The molecule has 21 heavy (non-hydrogen) atoms. The van der Waals surface area contributed by atoms with Gasteiger partial charge in [0, 0.05) is 43.9 Å². The van der Waals surface area contributed by atoms with Crippen molar-refractivity contribution in [2.45, 2.75) is 66.1 Å². The first kappa shape index (κ1) is 18.0. The van der Waals surface area contributed by atoms with Gasteiger partial charge in [-0.05, 0) is 48.0 Å². The third-order valence-corrected chi connectivity index (χ3v) is 3.56. The fourth-order valence-electron chi connectivity index (χ4n) is 2.46. The molecule has 0 atom stereocenters. The van der Waals surface area contributed by atoms with Crippen molar-refractivity contribution < 1.29 is 5.11 Å². The molecular weight excluding hydrogens is 264 g/mol. The highest BCUT2D eigenvalue weighted by molar-refractivity contribution is 5.51. The van der Waals surface area contributed by atoms with Crippen LogP contribution in [0.1, 0.15) is 52.3 Å². The largest absolute Gasteiger partial charge is 0.396 e. The third kappa shape index (κ3) is 5.00. The number of aliphatic hydroxyl groups is 1. The first-order valence-electron chi connectivity index (χ1n) is 7.82. The first-order valence-corrected chi connectivity index (χ1v) is 7.82. The zero-order chi connectivity index (χ0) is 16.2. The summed E-state index contributed by atoms with van der Waals surface area (Å²) in [5.74, 6) is 1.16. The lowest BCUT2D eigenvalue weighted by atomic mass is 10.1. The predicted molar refractivity (Wildman–Crippen MR) is 88.7 cm³/mol. The van der Waals surface area contributed by atoms with Gasteiger partial charge in [-0.1, -0.05) is 0 Å². The number of aryl methyl sites for hydroxylation is 2. The van der Waals surface area contributed by atoms with E-state index in [1.807, 2.05) is 11.7 Å². The topological polar surface area (TPSA) is 53.3 Å². The van der Waals surface area contributed by atoms with Crippen molar-refractivity contribution in [3.05, 3.63) is 11.3 Å². The van der Waals surface area contributed by atoms with Crippen LogP contribution in [0.2, 0.25) is 0 Å². The Bertz CT molecular complexity index is 446. The molecular formula is C16H32N4O. The maximum Gasteiger partial charge on any atom is 0.131 e. The minimum absolute atomic E-state index is 0.0767. The van der Waals surface area contributed by atoms with Crippen molar-refractivity contribution in [3.63, 3.8) is 0 Å². The molecule has 0 saturated heterocycles. The van der Waals surface area contributed by atoms with Crippen LogP contribution in [-0.2, 0) is 13.6 Å². The second-order valence-electron chi connectivity index (χ2n) is 6.98. The van der Waals surface area contributed by atoms with E-state index in [1.165, 1.54) is 5.56 Å². The van der Waals surface area contributed by atoms with Gasteiger partial charge < -0.3 is 15.3 Å². The number of nitrogens with one attached hydrogen (secondary N) is 1. The standard InChI is InChI=1S/C16H32N4O/c1-12(2)20(9-8-10-21)15-14(11-17-16(4,5)6)13(3)18-19(15)7/h12,17,21H,8-11H2,1-7H3. The molecule has 5 heteroatoms. The summed E-state index contributed by atoms with van der Waals surface area (Å²) >= 11 is 0. The predicted octanol–water partition coefficient (Wildman–Crippen LogP) is 2.21. The van der Waals surface area contributed by atoms with E-state index in [4.69, 9.17) is 5.11 Å². The van der Waals surface area contributed by atoms with Crippen LogP contribution in [0, 0.1) is 6.92 Å². The Morgan fingerprint density at radius 2 is 1.95 bits per heavy atom. The van der Waals surface area contributed by atoms with Crippen molar-refractivity contribution in [3.8, 4) is 0 Å². The molecule has 5 nitrogen and oxygen atoms in total. The van der Waals surface area contributed by atoms with Gasteiger partial charge in [-0.3, -0.25) is 4.68 Å². The van der Waals surface area contributed by atoms with Crippen LogP contribution < -0.4 is 10.2 Å². The molecule has 1 rings (SSSR count). The van der Waals surface area contributed by atoms with E-state index in [2.05, 4.69) is 56.9 Å². The van der Waals surface area contributed by atoms with E-state index < -0.39 is 0 Å². The number of rotatable bonds is 7. The smallest absolute Gasteiger partial charge is 0.131 e.